The maximum Gasteiger partial charge on any atom is 0.242 e. The fourth-order valence-corrected chi connectivity index (χ4v) is 6.13. The maximum atomic E-state index is 13.6. The number of para-hydroxylation sites is 1. The summed E-state index contributed by atoms with van der Waals surface area (Å²) >= 11 is 0. The Kier molecular flexibility index (Phi) is 10.1. The van der Waals surface area contributed by atoms with Crippen LogP contribution >= 0.6 is 0 Å². The number of carbonyl (C=O) groups is 3. The molecule has 2 aromatic carbocycles. The van der Waals surface area contributed by atoms with E-state index < -0.39 is 0 Å². The molecule has 5 rings (SSSR count). The van der Waals surface area contributed by atoms with Crippen LogP contribution in [-0.4, -0.2) is 84.8 Å². The van der Waals surface area contributed by atoms with E-state index >= 15 is 0 Å². The summed E-state index contributed by atoms with van der Waals surface area (Å²) in [5.41, 5.74) is 1.79. The minimum atomic E-state index is -0.0932. The van der Waals surface area contributed by atoms with Crippen molar-refractivity contribution >= 4 is 17.7 Å². The van der Waals surface area contributed by atoms with E-state index in [1.807, 2.05) is 65.6 Å². The molecule has 3 heterocycles. The molecule has 8 nitrogen and oxygen atoms in total. The van der Waals surface area contributed by atoms with Gasteiger partial charge in [-0.1, -0.05) is 60.7 Å². The van der Waals surface area contributed by atoms with Crippen molar-refractivity contribution in [2.24, 2.45) is 11.8 Å². The van der Waals surface area contributed by atoms with Crippen LogP contribution in [0.4, 0.5) is 0 Å². The second-order valence-electron chi connectivity index (χ2n) is 11.4. The molecule has 2 saturated heterocycles. The monoisotopic (exact) mass is 558 g/mol. The zero-order valence-electron chi connectivity index (χ0n) is 23.9. The summed E-state index contributed by atoms with van der Waals surface area (Å²) in [6.07, 6.45) is 8.03. The van der Waals surface area contributed by atoms with Gasteiger partial charge in [-0.2, -0.15) is 0 Å². The van der Waals surface area contributed by atoms with E-state index in [0.717, 1.165) is 37.2 Å². The zero-order valence-corrected chi connectivity index (χ0v) is 23.9. The molecule has 0 spiro atoms. The Bertz CT molecular complexity index is 1210. The van der Waals surface area contributed by atoms with Gasteiger partial charge in [-0.3, -0.25) is 14.4 Å². The fourth-order valence-electron chi connectivity index (χ4n) is 6.13. The highest BCUT2D eigenvalue weighted by molar-refractivity contribution is 5.86. The summed E-state index contributed by atoms with van der Waals surface area (Å²) < 4.78 is 6.12. The first-order valence-electron chi connectivity index (χ1n) is 15.0. The van der Waals surface area contributed by atoms with Crippen LogP contribution in [0.2, 0.25) is 0 Å². The Morgan fingerprint density at radius 3 is 2.56 bits per heavy atom. The van der Waals surface area contributed by atoms with Crippen LogP contribution in [0.5, 0.6) is 5.75 Å². The van der Waals surface area contributed by atoms with Gasteiger partial charge in [-0.05, 0) is 55.8 Å². The van der Waals surface area contributed by atoms with E-state index in [1.54, 1.807) is 4.90 Å². The number of benzene rings is 2. The number of fused-ring (bicyclic) bond motifs is 3. The summed E-state index contributed by atoms with van der Waals surface area (Å²) in [5.74, 6) is 0.826. The van der Waals surface area contributed by atoms with Gasteiger partial charge in [-0.15, -0.1) is 0 Å². The number of hydrogen-bond acceptors (Lipinski definition) is 5. The Labute approximate surface area is 243 Å². The average Bonchev–Trinajstić information content (AvgIpc) is 3.50. The highest BCUT2D eigenvalue weighted by Gasteiger charge is 2.33. The summed E-state index contributed by atoms with van der Waals surface area (Å²) in [5, 5.41) is 3.11. The molecule has 0 aromatic heterocycles. The minimum absolute atomic E-state index is 0.0120. The molecule has 218 valence electrons. The van der Waals surface area contributed by atoms with Crippen molar-refractivity contribution in [2.75, 3.05) is 52.4 Å². The fraction of sp³-hybridized carbons (Fsp3) is 0.485. The number of carbonyl (C=O) groups excluding carboxylic acids is 3. The molecule has 0 saturated carbocycles. The van der Waals surface area contributed by atoms with Crippen molar-refractivity contribution in [3.63, 3.8) is 0 Å². The van der Waals surface area contributed by atoms with E-state index in [2.05, 4.69) is 16.3 Å². The quantitative estimate of drug-likeness (QED) is 0.528. The van der Waals surface area contributed by atoms with Crippen LogP contribution in [-0.2, 0) is 27.3 Å². The molecule has 8 heteroatoms. The van der Waals surface area contributed by atoms with Crippen molar-refractivity contribution in [3.8, 4) is 5.75 Å². The van der Waals surface area contributed by atoms with Gasteiger partial charge in [0, 0.05) is 44.7 Å². The lowest BCUT2D eigenvalue weighted by atomic mass is 9.82. The summed E-state index contributed by atoms with van der Waals surface area (Å²) in [6.45, 7) is 5.64. The third kappa shape index (κ3) is 8.19. The molecule has 41 heavy (non-hydrogen) atoms. The Morgan fingerprint density at radius 2 is 1.73 bits per heavy atom. The molecule has 1 N–H and O–H groups in total. The molecule has 2 bridgehead atoms. The maximum absolute atomic E-state index is 13.6. The average molecular weight is 559 g/mol. The van der Waals surface area contributed by atoms with E-state index in [4.69, 9.17) is 4.74 Å². The lowest BCUT2D eigenvalue weighted by molar-refractivity contribution is -0.142. The number of nitrogens with zero attached hydrogens (tertiary/aromatic N) is 3. The lowest BCUT2D eigenvalue weighted by Crippen LogP contribution is -2.49. The van der Waals surface area contributed by atoms with Crippen LogP contribution < -0.4 is 10.1 Å². The van der Waals surface area contributed by atoms with Gasteiger partial charge < -0.3 is 24.8 Å². The molecule has 2 fully saturated rings. The van der Waals surface area contributed by atoms with Gasteiger partial charge in [0.2, 0.25) is 17.7 Å². The van der Waals surface area contributed by atoms with Crippen LogP contribution in [0, 0.1) is 11.8 Å². The summed E-state index contributed by atoms with van der Waals surface area (Å²) in [6, 6.07) is 17.3. The summed E-state index contributed by atoms with van der Waals surface area (Å²) in [7, 11) is 0. The van der Waals surface area contributed by atoms with Gasteiger partial charge in [0.05, 0.1) is 6.42 Å². The third-order valence-corrected chi connectivity index (χ3v) is 8.48. The number of hydrogen-bond donors (Lipinski definition) is 1. The van der Waals surface area contributed by atoms with E-state index in [0.29, 0.717) is 45.0 Å². The molecule has 0 radical (unpaired) electrons. The van der Waals surface area contributed by atoms with Gasteiger partial charge >= 0.3 is 0 Å². The van der Waals surface area contributed by atoms with E-state index in [9.17, 15) is 14.4 Å². The number of amides is 3. The van der Waals surface area contributed by atoms with Crippen molar-refractivity contribution < 1.29 is 19.1 Å². The molecular formula is C33H42N4O4. The molecular weight excluding hydrogens is 516 g/mol. The Morgan fingerprint density at radius 1 is 0.951 bits per heavy atom. The molecule has 3 aliphatic rings. The van der Waals surface area contributed by atoms with Crippen molar-refractivity contribution in [1.82, 2.24) is 20.0 Å². The van der Waals surface area contributed by atoms with Crippen LogP contribution in [0.15, 0.2) is 66.7 Å². The first-order valence-corrected chi connectivity index (χ1v) is 15.0. The predicted octanol–water partition coefficient (Wildman–Crippen LogP) is 3.27. The lowest BCUT2D eigenvalue weighted by Gasteiger charge is -2.38. The van der Waals surface area contributed by atoms with Gasteiger partial charge in [0.15, 0.2) is 0 Å². The van der Waals surface area contributed by atoms with Gasteiger partial charge in [0.1, 0.15) is 18.9 Å². The Balaban J connectivity index is 1.27. The predicted molar refractivity (Wildman–Crippen MR) is 158 cm³/mol. The van der Waals surface area contributed by atoms with E-state index in [-0.39, 0.29) is 42.5 Å². The van der Waals surface area contributed by atoms with Crippen LogP contribution in [0.3, 0.4) is 0 Å². The second kappa shape index (κ2) is 14.3. The topological polar surface area (TPSA) is 82.2 Å². The van der Waals surface area contributed by atoms with Gasteiger partial charge in [-0.25, -0.2) is 0 Å². The number of ether oxygens (including phenoxy) is 1. The smallest absolute Gasteiger partial charge is 0.242 e. The second-order valence-corrected chi connectivity index (χ2v) is 11.4. The number of likely N-dealkylation sites (tertiary alicyclic amines) is 1. The molecule has 2 atom stereocenters. The number of piperidine rings is 1. The Hall–Kier alpha value is -3.65. The number of rotatable bonds is 7. The highest BCUT2D eigenvalue weighted by Crippen LogP contribution is 2.29. The molecule has 0 aliphatic carbocycles. The van der Waals surface area contributed by atoms with Crippen molar-refractivity contribution in [1.29, 1.82) is 0 Å². The van der Waals surface area contributed by atoms with Crippen molar-refractivity contribution in [2.45, 2.75) is 38.6 Å². The first-order chi connectivity index (χ1) is 20.0. The SMILES string of the molecule is O=C(C[C@@H]1CCN2C[C@@H]1/C=C\COc1ccccc1CN(C(=O)Cc1ccccc1)CC2=O)NCCN1CCCC1. The van der Waals surface area contributed by atoms with Crippen molar-refractivity contribution in [3.05, 3.63) is 77.9 Å². The van der Waals surface area contributed by atoms with Gasteiger partial charge in [0.25, 0.3) is 0 Å². The highest BCUT2D eigenvalue weighted by atomic mass is 16.5. The number of nitrogens with one attached hydrogen (secondary N) is 1. The zero-order chi connectivity index (χ0) is 28.4. The molecule has 2 aromatic rings. The first kappa shape index (κ1) is 28.9. The van der Waals surface area contributed by atoms with Crippen LogP contribution in [0.1, 0.15) is 36.8 Å². The summed E-state index contributed by atoms with van der Waals surface area (Å²) in [4.78, 5) is 45.8. The molecule has 3 aliphatic heterocycles. The largest absolute Gasteiger partial charge is 0.489 e. The third-order valence-electron chi connectivity index (χ3n) is 8.48. The molecule has 3 amide bonds. The minimum Gasteiger partial charge on any atom is -0.489 e. The molecule has 0 unspecified atom stereocenters. The standard InChI is InChI=1S/C33H42N4O4/c38-31(34-15-19-35-16-6-7-17-35)22-27-14-18-36-23-28(27)12-8-20-41-30-13-5-4-11-29(30)24-37(25-33(36)40)32(39)21-26-9-2-1-3-10-26/h1-5,8-13,27-28H,6-7,14-25H2,(H,34,38)/b12-8-/t27-,28-/m0/s1. The van der Waals surface area contributed by atoms with Crippen LogP contribution in [0.25, 0.3) is 0 Å². The van der Waals surface area contributed by atoms with E-state index in [1.165, 1.54) is 12.8 Å². The normalized spacial score (nSPS) is 22.5.